The summed E-state index contributed by atoms with van der Waals surface area (Å²) in [6.45, 7) is 1.86. The van der Waals surface area contributed by atoms with Gasteiger partial charge in [0.25, 0.3) is 0 Å². The number of carboxylic acid groups (broad SMARTS) is 1. The minimum Gasteiger partial charge on any atom is -0.476 e. The molecule has 1 aromatic heterocycles. The smallest absolute Gasteiger partial charge is 0.355 e. The van der Waals surface area contributed by atoms with Crippen LogP contribution >= 0.6 is 11.6 Å². The number of anilines is 1. The SMILES string of the molecule is Cc1cc(Cl)ccc1-c1ccc(N)nc1C(=O)O. The number of pyridine rings is 1. The number of carbonyl (C=O) groups is 1. The third-order valence-electron chi connectivity index (χ3n) is 2.60. The third-order valence-corrected chi connectivity index (χ3v) is 2.83. The molecule has 1 aromatic carbocycles. The standard InChI is InChI=1S/C13H11ClN2O2/c1-7-6-8(14)2-3-9(7)10-4-5-11(15)16-12(10)13(17)18/h2-6H,1H3,(H2,15,16)(H,17,18). The molecule has 0 saturated heterocycles. The Hall–Kier alpha value is -2.07. The van der Waals surface area contributed by atoms with E-state index in [-0.39, 0.29) is 11.5 Å². The van der Waals surface area contributed by atoms with Gasteiger partial charge in [-0.3, -0.25) is 0 Å². The summed E-state index contributed by atoms with van der Waals surface area (Å²) in [4.78, 5) is 15.0. The van der Waals surface area contributed by atoms with Crippen LogP contribution in [0.3, 0.4) is 0 Å². The van der Waals surface area contributed by atoms with Crippen LogP contribution in [-0.2, 0) is 0 Å². The van der Waals surface area contributed by atoms with E-state index in [0.29, 0.717) is 10.6 Å². The molecule has 0 saturated carbocycles. The van der Waals surface area contributed by atoms with Crippen molar-refractivity contribution < 1.29 is 9.90 Å². The first-order valence-corrected chi connectivity index (χ1v) is 5.63. The topological polar surface area (TPSA) is 76.2 Å². The summed E-state index contributed by atoms with van der Waals surface area (Å²) in [5.41, 5.74) is 7.66. The van der Waals surface area contributed by atoms with E-state index in [9.17, 15) is 4.79 Å². The van der Waals surface area contributed by atoms with E-state index in [1.165, 1.54) is 0 Å². The van der Waals surface area contributed by atoms with Crippen molar-refractivity contribution in [2.24, 2.45) is 0 Å². The van der Waals surface area contributed by atoms with Crippen LogP contribution in [0.4, 0.5) is 5.82 Å². The summed E-state index contributed by atoms with van der Waals surface area (Å²) in [6, 6.07) is 8.50. The fraction of sp³-hybridized carbons (Fsp3) is 0.0769. The van der Waals surface area contributed by atoms with Crippen LogP contribution in [0.5, 0.6) is 0 Å². The number of benzene rings is 1. The fourth-order valence-corrected chi connectivity index (χ4v) is 2.01. The van der Waals surface area contributed by atoms with E-state index >= 15 is 0 Å². The number of halogens is 1. The average Bonchev–Trinajstić information content (AvgIpc) is 2.29. The molecule has 3 N–H and O–H groups in total. The number of rotatable bonds is 2. The van der Waals surface area contributed by atoms with Crippen LogP contribution in [0, 0.1) is 6.92 Å². The number of hydrogen-bond acceptors (Lipinski definition) is 3. The number of nitrogen functional groups attached to an aromatic ring is 1. The normalized spacial score (nSPS) is 10.3. The second-order valence-electron chi connectivity index (χ2n) is 3.90. The van der Waals surface area contributed by atoms with Gasteiger partial charge in [0.1, 0.15) is 5.82 Å². The highest BCUT2D eigenvalue weighted by Crippen LogP contribution is 2.28. The van der Waals surface area contributed by atoms with E-state index in [2.05, 4.69) is 4.98 Å². The number of hydrogen-bond donors (Lipinski definition) is 2. The first-order chi connectivity index (χ1) is 8.49. The van der Waals surface area contributed by atoms with Crippen molar-refractivity contribution in [1.82, 2.24) is 4.98 Å². The van der Waals surface area contributed by atoms with Crippen LogP contribution < -0.4 is 5.73 Å². The van der Waals surface area contributed by atoms with Gasteiger partial charge in [0, 0.05) is 10.6 Å². The molecule has 0 fully saturated rings. The maximum Gasteiger partial charge on any atom is 0.355 e. The van der Waals surface area contributed by atoms with E-state index < -0.39 is 5.97 Å². The summed E-state index contributed by atoms with van der Waals surface area (Å²) in [5.74, 6) is -0.922. The van der Waals surface area contributed by atoms with Crippen molar-refractivity contribution in [1.29, 1.82) is 0 Å². The van der Waals surface area contributed by atoms with Crippen molar-refractivity contribution in [3.05, 3.63) is 46.6 Å². The Bertz CT molecular complexity index is 626. The monoisotopic (exact) mass is 262 g/mol. The Balaban J connectivity index is 2.67. The molecule has 0 bridgehead atoms. The van der Waals surface area contributed by atoms with Crippen molar-refractivity contribution in [2.45, 2.75) is 6.92 Å². The highest BCUT2D eigenvalue weighted by molar-refractivity contribution is 6.30. The third kappa shape index (κ3) is 2.28. The molecule has 2 aromatic rings. The molecule has 1 heterocycles. The van der Waals surface area contributed by atoms with Gasteiger partial charge in [0.05, 0.1) is 0 Å². The van der Waals surface area contributed by atoms with Gasteiger partial charge in [0.2, 0.25) is 0 Å². The van der Waals surface area contributed by atoms with Crippen molar-refractivity contribution in [3.63, 3.8) is 0 Å². The van der Waals surface area contributed by atoms with E-state index in [4.69, 9.17) is 22.4 Å². The second-order valence-corrected chi connectivity index (χ2v) is 4.33. The molecule has 0 aliphatic rings. The van der Waals surface area contributed by atoms with Gasteiger partial charge >= 0.3 is 5.97 Å². The number of aryl methyl sites for hydroxylation is 1. The minimum atomic E-state index is -1.10. The van der Waals surface area contributed by atoms with Crippen LogP contribution in [0.1, 0.15) is 16.1 Å². The molecule has 0 aliphatic heterocycles. The average molecular weight is 263 g/mol. The maximum absolute atomic E-state index is 11.2. The van der Waals surface area contributed by atoms with Gasteiger partial charge in [-0.25, -0.2) is 9.78 Å². The lowest BCUT2D eigenvalue weighted by Crippen LogP contribution is -2.06. The van der Waals surface area contributed by atoms with Gasteiger partial charge < -0.3 is 10.8 Å². The lowest BCUT2D eigenvalue weighted by molar-refractivity contribution is 0.0691. The van der Waals surface area contributed by atoms with E-state index in [1.807, 2.05) is 6.92 Å². The number of aromatic carboxylic acids is 1. The molecule has 0 unspecified atom stereocenters. The summed E-state index contributed by atoms with van der Waals surface area (Å²) >= 11 is 5.88. The zero-order valence-electron chi connectivity index (χ0n) is 9.64. The first kappa shape index (κ1) is 12.4. The number of nitrogens with zero attached hydrogens (tertiary/aromatic N) is 1. The zero-order chi connectivity index (χ0) is 13.3. The summed E-state index contributed by atoms with van der Waals surface area (Å²) in [5, 5.41) is 9.76. The fourth-order valence-electron chi connectivity index (χ4n) is 1.78. The summed E-state index contributed by atoms with van der Waals surface area (Å²) < 4.78 is 0. The highest BCUT2D eigenvalue weighted by atomic mass is 35.5. The van der Waals surface area contributed by atoms with Crippen LogP contribution in [0.2, 0.25) is 5.02 Å². The second kappa shape index (κ2) is 4.66. The lowest BCUT2D eigenvalue weighted by atomic mass is 9.99. The predicted octanol–water partition coefficient (Wildman–Crippen LogP) is 2.99. The molecule has 0 spiro atoms. The number of nitrogens with two attached hydrogens (primary N) is 1. The van der Waals surface area contributed by atoms with Crippen LogP contribution in [0.25, 0.3) is 11.1 Å². The number of aromatic nitrogens is 1. The molecule has 0 amide bonds. The minimum absolute atomic E-state index is 0.0552. The molecule has 5 heteroatoms. The van der Waals surface area contributed by atoms with E-state index in [1.54, 1.807) is 30.3 Å². The molecule has 0 atom stereocenters. The molecule has 4 nitrogen and oxygen atoms in total. The summed E-state index contributed by atoms with van der Waals surface area (Å²) in [7, 11) is 0. The molecule has 92 valence electrons. The largest absolute Gasteiger partial charge is 0.476 e. The van der Waals surface area contributed by atoms with Crippen LogP contribution in [-0.4, -0.2) is 16.1 Å². The molecule has 2 rings (SSSR count). The van der Waals surface area contributed by atoms with Crippen LogP contribution in [0.15, 0.2) is 30.3 Å². The van der Waals surface area contributed by atoms with Gasteiger partial charge in [-0.15, -0.1) is 0 Å². The van der Waals surface area contributed by atoms with Gasteiger partial charge in [-0.1, -0.05) is 17.7 Å². The van der Waals surface area contributed by atoms with Crippen molar-refractivity contribution >= 4 is 23.4 Å². The Kier molecular flexibility index (Phi) is 3.21. The molecule has 0 aliphatic carbocycles. The Morgan fingerprint density at radius 1 is 1.28 bits per heavy atom. The molecular weight excluding hydrogens is 252 g/mol. The Morgan fingerprint density at radius 3 is 2.56 bits per heavy atom. The molecular formula is C13H11ClN2O2. The van der Waals surface area contributed by atoms with Gasteiger partial charge in [-0.2, -0.15) is 0 Å². The lowest BCUT2D eigenvalue weighted by Gasteiger charge is -2.09. The van der Waals surface area contributed by atoms with Crippen molar-refractivity contribution in [3.8, 4) is 11.1 Å². The zero-order valence-corrected chi connectivity index (χ0v) is 10.4. The Labute approximate surface area is 109 Å². The highest BCUT2D eigenvalue weighted by Gasteiger charge is 2.15. The molecule has 18 heavy (non-hydrogen) atoms. The summed E-state index contributed by atoms with van der Waals surface area (Å²) in [6.07, 6.45) is 0. The van der Waals surface area contributed by atoms with Crippen molar-refractivity contribution in [2.75, 3.05) is 5.73 Å². The number of carboxylic acids is 1. The maximum atomic E-state index is 11.2. The Morgan fingerprint density at radius 2 is 1.94 bits per heavy atom. The molecule has 0 radical (unpaired) electrons. The quantitative estimate of drug-likeness (QED) is 0.872. The van der Waals surface area contributed by atoms with Gasteiger partial charge in [0.15, 0.2) is 5.69 Å². The van der Waals surface area contributed by atoms with Gasteiger partial charge in [-0.05, 0) is 42.3 Å². The predicted molar refractivity (Wildman–Crippen MR) is 70.8 cm³/mol. The van der Waals surface area contributed by atoms with E-state index in [0.717, 1.165) is 11.1 Å². The first-order valence-electron chi connectivity index (χ1n) is 5.25.